The molecule has 0 radical (unpaired) electrons. The molecule has 0 spiro atoms. The van der Waals surface area contributed by atoms with Gasteiger partial charge in [-0.05, 0) is 6.92 Å². The first-order valence-corrected chi connectivity index (χ1v) is 1.80. The van der Waals surface area contributed by atoms with Crippen molar-refractivity contribution in [3.63, 3.8) is 0 Å². The van der Waals surface area contributed by atoms with E-state index in [2.05, 4.69) is 10.7 Å². The zero-order chi connectivity index (χ0) is 5.70. The molecule has 0 unspecified atom stereocenters. The van der Waals surface area contributed by atoms with E-state index < -0.39 is 0 Å². The summed E-state index contributed by atoms with van der Waals surface area (Å²) in [5.74, 6) is 5.04. The molecule has 0 aliphatic carbocycles. The van der Waals surface area contributed by atoms with Crippen LogP contribution in [0.25, 0.3) is 0 Å². The van der Waals surface area contributed by atoms with Crippen molar-refractivity contribution in [3.05, 3.63) is 11.8 Å². The topological polar surface area (TPSA) is 52.3 Å². The molecule has 0 saturated carbocycles. The van der Waals surface area contributed by atoms with E-state index in [1.165, 1.54) is 6.08 Å². The Labute approximate surface area is 41.7 Å². The van der Waals surface area contributed by atoms with Crippen LogP contribution in [0.1, 0.15) is 6.92 Å². The van der Waals surface area contributed by atoms with Gasteiger partial charge in [0.2, 0.25) is 0 Å². The lowest BCUT2D eigenvalue weighted by atomic mass is 10.5. The summed E-state index contributed by atoms with van der Waals surface area (Å²) < 4.78 is 0. The maximum atomic E-state index is 9.56. The fraction of sp³-hybridized carbons (Fsp3) is 0.250. The fourth-order valence-electron chi connectivity index (χ4n) is 0.135. The second-order valence-corrected chi connectivity index (χ2v) is 1.03. The molecule has 0 bridgehead atoms. The van der Waals surface area contributed by atoms with E-state index in [1.807, 2.05) is 0 Å². The van der Waals surface area contributed by atoms with E-state index in [4.69, 9.17) is 0 Å². The highest BCUT2D eigenvalue weighted by Crippen LogP contribution is 1.83. The van der Waals surface area contributed by atoms with Crippen molar-refractivity contribution in [2.75, 3.05) is 0 Å². The second kappa shape index (κ2) is 3.36. The Bertz CT molecular complexity index is 87.7. The van der Waals surface area contributed by atoms with Crippen LogP contribution in [0.5, 0.6) is 0 Å². The summed E-state index contributed by atoms with van der Waals surface area (Å²) in [6, 6.07) is 0. The van der Waals surface area contributed by atoms with Gasteiger partial charge in [-0.25, -0.2) is 0 Å². The molecule has 40 valence electrons. The molecule has 3 heteroatoms. The molecule has 0 fully saturated rings. The minimum absolute atomic E-state index is 0.412. The first kappa shape index (κ1) is 6.17. The third-order valence-electron chi connectivity index (χ3n) is 0.489. The van der Waals surface area contributed by atoms with E-state index >= 15 is 0 Å². The van der Waals surface area contributed by atoms with Crippen LogP contribution in [-0.4, -0.2) is 6.29 Å². The molecule has 0 aliphatic heterocycles. The molecule has 7 heavy (non-hydrogen) atoms. The lowest BCUT2D eigenvalue weighted by molar-refractivity contribution is -0.104. The maximum absolute atomic E-state index is 9.56. The standard InChI is InChI=1S/C4H7NO2/c1-4(7-5)2-3-6/h2-3H,5H2,1H3/b4-2-. The third-order valence-corrected chi connectivity index (χ3v) is 0.489. The molecule has 0 amide bonds. The van der Waals surface area contributed by atoms with Gasteiger partial charge in [-0.1, -0.05) is 0 Å². The highest BCUT2D eigenvalue weighted by atomic mass is 16.6. The molecule has 0 aromatic carbocycles. The summed E-state index contributed by atoms with van der Waals surface area (Å²) in [7, 11) is 0. The summed E-state index contributed by atoms with van der Waals surface area (Å²) in [6.07, 6.45) is 1.85. The van der Waals surface area contributed by atoms with Crippen molar-refractivity contribution >= 4 is 6.29 Å². The average Bonchev–Trinajstić information content (AvgIpc) is 1.68. The summed E-state index contributed by atoms with van der Waals surface area (Å²) >= 11 is 0. The van der Waals surface area contributed by atoms with Gasteiger partial charge < -0.3 is 4.84 Å². The molecule has 0 aromatic heterocycles. The van der Waals surface area contributed by atoms with E-state index in [0.717, 1.165) is 0 Å². The Balaban J connectivity index is 3.49. The number of nitrogens with two attached hydrogens (primary N) is 1. The van der Waals surface area contributed by atoms with Gasteiger partial charge in [-0.3, -0.25) is 4.79 Å². The Kier molecular flexibility index (Phi) is 2.96. The zero-order valence-electron chi connectivity index (χ0n) is 4.05. The van der Waals surface area contributed by atoms with Gasteiger partial charge in [0.15, 0.2) is 0 Å². The maximum Gasteiger partial charge on any atom is 0.146 e. The summed E-state index contributed by atoms with van der Waals surface area (Å²) in [5, 5.41) is 0. The van der Waals surface area contributed by atoms with Gasteiger partial charge in [-0.15, -0.1) is 0 Å². The summed E-state index contributed by atoms with van der Waals surface area (Å²) in [5.41, 5.74) is 0. The van der Waals surface area contributed by atoms with Crippen molar-refractivity contribution in [2.45, 2.75) is 6.92 Å². The monoisotopic (exact) mass is 101 g/mol. The number of carbonyl (C=O) groups is 1. The summed E-state index contributed by atoms with van der Waals surface area (Å²) in [4.78, 5) is 13.7. The number of hydrogen-bond acceptors (Lipinski definition) is 3. The van der Waals surface area contributed by atoms with Crippen molar-refractivity contribution in [2.24, 2.45) is 5.90 Å². The predicted octanol–water partition coefficient (Wildman–Crippen LogP) is -0.0206. The van der Waals surface area contributed by atoms with Gasteiger partial charge in [0.05, 0.1) is 0 Å². The smallest absolute Gasteiger partial charge is 0.146 e. The molecule has 0 aliphatic rings. The Morgan fingerprint density at radius 1 is 1.86 bits per heavy atom. The van der Waals surface area contributed by atoms with Crippen LogP contribution in [0.3, 0.4) is 0 Å². The molecule has 0 heterocycles. The van der Waals surface area contributed by atoms with Crippen LogP contribution >= 0.6 is 0 Å². The molecular weight excluding hydrogens is 94.0 g/mol. The Hall–Kier alpha value is -0.830. The van der Waals surface area contributed by atoms with Gasteiger partial charge in [0, 0.05) is 6.08 Å². The highest BCUT2D eigenvalue weighted by molar-refractivity contribution is 5.65. The molecule has 0 rings (SSSR count). The first-order chi connectivity index (χ1) is 3.31. The van der Waals surface area contributed by atoms with Crippen LogP contribution in [0.2, 0.25) is 0 Å². The van der Waals surface area contributed by atoms with E-state index in [-0.39, 0.29) is 0 Å². The lowest BCUT2D eigenvalue weighted by Crippen LogP contribution is -1.94. The van der Waals surface area contributed by atoms with Crippen molar-refractivity contribution < 1.29 is 9.63 Å². The van der Waals surface area contributed by atoms with E-state index in [0.29, 0.717) is 12.0 Å². The lowest BCUT2D eigenvalue weighted by Gasteiger charge is -1.89. The Morgan fingerprint density at radius 3 is 2.57 bits per heavy atom. The minimum atomic E-state index is 0.412. The van der Waals surface area contributed by atoms with E-state index in [9.17, 15) is 4.79 Å². The molecule has 2 N–H and O–H groups in total. The highest BCUT2D eigenvalue weighted by Gasteiger charge is 1.77. The van der Waals surface area contributed by atoms with Crippen LogP contribution in [0, 0.1) is 0 Å². The predicted molar refractivity (Wildman–Crippen MR) is 25.1 cm³/mol. The van der Waals surface area contributed by atoms with Crippen LogP contribution in [0.15, 0.2) is 11.8 Å². The van der Waals surface area contributed by atoms with Gasteiger partial charge in [-0.2, -0.15) is 5.90 Å². The number of aldehydes is 1. The van der Waals surface area contributed by atoms with Crippen molar-refractivity contribution in [1.82, 2.24) is 0 Å². The summed E-state index contributed by atoms with van der Waals surface area (Å²) in [6.45, 7) is 1.59. The van der Waals surface area contributed by atoms with Crippen molar-refractivity contribution in [1.29, 1.82) is 0 Å². The van der Waals surface area contributed by atoms with Crippen LogP contribution < -0.4 is 5.90 Å². The zero-order valence-corrected chi connectivity index (χ0v) is 4.05. The normalized spacial score (nSPS) is 10.9. The van der Waals surface area contributed by atoms with Crippen LogP contribution in [0.4, 0.5) is 0 Å². The van der Waals surface area contributed by atoms with Crippen LogP contribution in [-0.2, 0) is 9.63 Å². The number of allylic oxidation sites excluding steroid dienone is 2. The van der Waals surface area contributed by atoms with E-state index in [1.54, 1.807) is 6.92 Å². The largest absolute Gasteiger partial charge is 0.416 e. The average molecular weight is 101 g/mol. The van der Waals surface area contributed by atoms with Crippen molar-refractivity contribution in [3.8, 4) is 0 Å². The SMILES string of the molecule is C/C(=C/C=O)ON. The molecule has 3 nitrogen and oxygen atoms in total. The molecule has 0 saturated heterocycles. The fourth-order valence-corrected chi connectivity index (χ4v) is 0.135. The third kappa shape index (κ3) is 2.99. The molecular formula is C4H7NO2. The minimum Gasteiger partial charge on any atom is -0.416 e. The van der Waals surface area contributed by atoms with Gasteiger partial charge in [0.25, 0.3) is 0 Å². The quantitative estimate of drug-likeness (QED) is 0.230. The number of carbonyl (C=O) groups excluding carboxylic acids is 1. The Morgan fingerprint density at radius 2 is 2.43 bits per heavy atom. The molecule has 0 aromatic rings. The molecule has 0 atom stereocenters. The van der Waals surface area contributed by atoms with Gasteiger partial charge in [0.1, 0.15) is 12.0 Å². The van der Waals surface area contributed by atoms with Gasteiger partial charge >= 0.3 is 0 Å². The number of rotatable bonds is 2. The second-order valence-electron chi connectivity index (χ2n) is 1.03. The first-order valence-electron chi connectivity index (χ1n) is 1.80. The number of hydrogen-bond donors (Lipinski definition) is 1.